The van der Waals surface area contributed by atoms with E-state index in [1.807, 2.05) is 24.3 Å². The number of fused-ring (bicyclic) bond motifs is 3. The lowest BCUT2D eigenvalue weighted by atomic mass is 10.1. The van der Waals surface area contributed by atoms with E-state index < -0.39 is 5.95 Å². The van der Waals surface area contributed by atoms with E-state index in [-0.39, 0.29) is 0 Å². The highest BCUT2D eigenvalue weighted by molar-refractivity contribution is 6.03. The molecule has 3 heteroatoms. The third kappa shape index (κ3) is 1.24. The SMILES string of the molecule is Fc1ccc2c(ccc3cccnc32)n1. The Kier molecular flexibility index (Phi) is 1.65. The van der Waals surface area contributed by atoms with Crippen LogP contribution in [0.3, 0.4) is 0 Å². The van der Waals surface area contributed by atoms with Crippen molar-refractivity contribution in [3.63, 3.8) is 0 Å². The molecule has 3 aromatic rings. The van der Waals surface area contributed by atoms with Crippen LogP contribution in [0.15, 0.2) is 42.6 Å². The monoisotopic (exact) mass is 198 g/mol. The van der Waals surface area contributed by atoms with E-state index in [0.29, 0.717) is 5.52 Å². The molecule has 72 valence electrons. The van der Waals surface area contributed by atoms with Gasteiger partial charge in [0.25, 0.3) is 0 Å². The zero-order valence-electron chi connectivity index (χ0n) is 7.81. The highest BCUT2D eigenvalue weighted by atomic mass is 19.1. The summed E-state index contributed by atoms with van der Waals surface area (Å²) in [6.07, 6.45) is 1.73. The Morgan fingerprint density at radius 2 is 1.93 bits per heavy atom. The highest BCUT2D eigenvalue weighted by Gasteiger charge is 2.02. The second kappa shape index (κ2) is 2.98. The quantitative estimate of drug-likeness (QED) is 0.410. The van der Waals surface area contributed by atoms with Gasteiger partial charge in [0, 0.05) is 17.0 Å². The summed E-state index contributed by atoms with van der Waals surface area (Å²) >= 11 is 0. The van der Waals surface area contributed by atoms with Gasteiger partial charge in [0.1, 0.15) is 0 Å². The number of pyridine rings is 2. The molecule has 0 fully saturated rings. The molecule has 0 aliphatic heterocycles. The van der Waals surface area contributed by atoms with Crippen LogP contribution in [0.2, 0.25) is 0 Å². The molecule has 2 heterocycles. The molecule has 3 rings (SSSR count). The Labute approximate surface area is 85.4 Å². The molecule has 0 saturated heterocycles. The van der Waals surface area contributed by atoms with Gasteiger partial charge in [0.15, 0.2) is 0 Å². The van der Waals surface area contributed by atoms with Gasteiger partial charge in [-0.3, -0.25) is 4.98 Å². The van der Waals surface area contributed by atoms with Gasteiger partial charge in [0.2, 0.25) is 5.95 Å². The molecular formula is C12H7FN2. The first-order valence-electron chi connectivity index (χ1n) is 4.64. The number of hydrogen-bond donors (Lipinski definition) is 0. The summed E-state index contributed by atoms with van der Waals surface area (Å²) in [7, 11) is 0. The predicted molar refractivity (Wildman–Crippen MR) is 57.0 cm³/mol. The molecule has 0 radical (unpaired) electrons. The average Bonchev–Trinajstić information content (AvgIpc) is 2.28. The summed E-state index contributed by atoms with van der Waals surface area (Å²) < 4.78 is 12.9. The highest BCUT2D eigenvalue weighted by Crippen LogP contribution is 2.21. The molecule has 0 atom stereocenters. The Morgan fingerprint density at radius 3 is 2.87 bits per heavy atom. The maximum Gasteiger partial charge on any atom is 0.213 e. The molecule has 0 aliphatic carbocycles. The standard InChI is InChI=1S/C12H7FN2/c13-11-6-4-9-10(15-11)5-3-8-2-1-7-14-12(8)9/h1-7H. The van der Waals surface area contributed by atoms with Crippen molar-refractivity contribution in [2.75, 3.05) is 0 Å². The van der Waals surface area contributed by atoms with Gasteiger partial charge in [-0.2, -0.15) is 4.39 Å². The van der Waals surface area contributed by atoms with Crippen LogP contribution in [-0.2, 0) is 0 Å². The van der Waals surface area contributed by atoms with E-state index in [9.17, 15) is 4.39 Å². The van der Waals surface area contributed by atoms with Gasteiger partial charge in [-0.05, 0) is 24.3 Å². The third-order valence-corrected chi connectivity index (χ3v) is 2.41. The first-order valence-corrected chi connectivity index (χ1v) is 4.64. The van der Waals surface area contributed by atoms with E-state index in [1.165, 1.54) is 6.07 Å². The molecule has 0 spiro atoms. The van der Waals surface area contributed by atoms with E-state index in [4.69, 9.17) is 0 Å². The summed E-state index contributed by atoms with van der Waals surface area (Å²) in [5.41, 5.74) is 1.50. The van der Waals surface area contributed by atoms with Gasteiger partial charge < -0.3 is 0 Å². The summed E-state index contributed by atoms with van der Waals surface area (Å²) in [5.74, 6) is -0.460. The molecular weight excluding hydrogens is 191 g/mol. The molecule has 0 unspecified atom stereocenters. The molecule has 0 aliphatic rings. The average molecular weight is 198 g/mol. The minimum Gasteiger partial charge on any atom is -0.256 e. The van der Waals surface area contributed by atoms with Crippen LogP contribution in [0.4, 0.5) is 4.39 Å². The Bertz CT molecular complexity index is 649. The van der Waals surface area contributed by atoms with Crippen LogP contribution in [-0.4, -0.2) is 9.97 Å². The fourth-order valence-electron chi connectivity index (χ4n) is 1.72. The summed E-state index contributed by atoms with van der Waals surface area (Å²) in [6, 6.07) is 10.6. The second-order valence-electron chi connectivity index (χ2n) is 3.34. The maximum absolute atomic E-state index is 12.9. The second-order valence-corrected chi connectivity index (χ2v) is 3.34. The maximum atomic E-state index is 12.9. The summed E-state index contributed by atoms with van der Waals surface area (Å²) in [4.78, 5) is 8.10. The normalized spacial score (nSPS) is 11.0. The molecule has 2 nitrogen and oxygen atoms in total. The minimum atomic E-state index is -0.460. The third-order valence-electron chi connectivity index (χ3n) is 2.41. The zero-order chi connectivity index (χ0) is 10.3. The Hall–Kier alpha value is -2.03. The molecule has 1 aromatic carbocycles. The molecule has 0 saturated carbocycles. The number of nitrogens with zero attached hydrogens (tertiary/aromatic N) is 2. The first kappa shape index (κ1) is 8.29. The van der Waals surface area contributed by atoms with Gasteiger partial charge in [0.05, 0.1) is 11.0 Å². The van der Waals surface area contributed by atoms with Crippen LogP contribution in [0, 0.1) is 5.95 Å². The molecule has 0 N–H and O–H groups in total. The van der Waals surface area contributed by atoms with E-state index >= 15 is 0 Å². The number of aromatic nitrogens is 2. The minimum absolute atomic E-state index is 0.460. The van der Waals surface area contributed by atoms with E-state index in [1.54, 1.807) is 12.3 Å². The van der Waals surface area contributed by atoms with Crippen molar-refractivity contribution in [3.8, 4) is 0 Å². The van der Waals surface area contributed by atoms with Crippen LogP contribution in [0.5, 0.6) is 0 Å². The summed E-state index contributed by atoms with van der Waals surface area (Å²) in [6.45, 7) is 0. The first-order chi connectivity index (χ1) is 7.34. The smallest absolute Gasteiger partial charge is 0.213 e. The van der Waals surface area contributed by atoms with Crippen LogP contribution >= 0.6 is 0 Å². The summed E-state index contributed by atoms with van der Waals surface area (Å²) in [5, 5.41) is 1.92. The van der Waals surface area contributed by atoms with E-state index in [2.05, 4.69) is 9.97 Å². The number of halogens is 1. The van der Waals surface area contributed by atoms with Crippen LogP contribution in [0.1, 0.15) is 0 Å². The van der Waals surface area contributed by atoms with Crippen LogP contribution in [0.25, 0.3) is 21.8 Å². The molecule has 15 heavy (non-hydrogen) atoms. The van der Waals surface area contributed by atoms with E-state index in [0.717, 1.165) is 16.3 Å². The lowest BCUT2D eigenvalue weighted by Gasteiger charge is -2.01. The predicted octanol–water partition coefficient (Wildman–Crippen LogP) is 2.92. The number of benzene rings is 1. The largest absolute Gasteiger partial charge is 0.256 e. The van der Waals surface area contributed by atoms with Gasteiger partial charge in [-0.25, -0.2) is 4.98 Å². The van der Waals surface area contributed by atoms with Crippen LogP contribution < -0.4 is 0 Å². The van der Waals surface area contributed by atoms with Crippen molar-refractivity contribution >= 4 is 21.8 Å². The lowest BCUT2D eigenvalue weighted by molar-refractivity contribution is 0.589. The van der Waals surface area contributed by atoms with Crippen molar-refractivity contribution in [1.82, 2.24) is 9.97 Å². The number of hydrogen-bond acceptors (Lipinski definition) is 2. The van der Waals surface area contributed by atoms with Crippen molar-refractivity contribution in [1.29, 1.82) is 0 Å². The van der Waals surface area contributed by atoms with Crippen molar-refractivity contribution in [2.24, 2.45) is 0 Å². The van der Waals surface area contributed by atoms with Crippen molar-refractivity contribution in [2.45, 2.75) is 0 Å². The Balaban J connectivity index is 2.55. The Morgan fingerprint density at radius 1 is 1.00 bits per heavy atom. The molecule has 2 aromatic heterocycles. The van der Waals surface area contributed by atoms with Crippen molar-refractivity contribution in [3.05, 3.63) is 48.5 Å². The fraction of sp³-hybridized carbons (Fsp3) is 0. The molecule has 0 bridgehead atoms. The fourth-order valence-corrected chi connectivity index (χ4v) is 1.72. The van der Waals surface area contributed by atoms with Gasteiger partial charge >= 0.3 is 0 Å². The topological polar surface area (TPSA) is 25.8 Å². The van der Waals surface area contributed by atoms with Gasteiger partial charge in [-0.1, -0.05) is 12.1 Å². The molecule has 0 amide bonds. The zero-order valence-corrected chi connectivity index (χ0v) is 7.81. The number of rotatable bonds is 0. The lowest BCUT2D eigenvalue weighted by Crippen LogP contribution is -1.86. The van der Waals surface area contributed by atoms with Crippen molar-refractivity contribution < 1.29 is 4.39 Å². The van der Waals surface area contributed by atoms with Gasteiger partial charge in [-0.15, -0.1) is 0 Å².